The molecule has 1 aromatic rings. The lowest BCUT2D eigenvalue weighted by Crippen LogP contribution is -2.09. The molecule has 0 aromatic heterocycles. The molecule has 0 N–H and O–H groups in total. The van der Waals surface area contributed by atoms with Crippen molar-refractivity contribution in [2.45, 2.75) is 25.7 Å². The number of ether oxygens (including phenoxy) is 2. The van der Waals surface area contributed by atoms with Crippen molar-refractivity contribution >= 4 is 28.3 Å². The first-order valence-electron chi connectivity index (χ1n) is 6.88. The van der Waals surface area contributed by atoms with Gasteiger partial charge in [-0.2, -0.15) is 0 Å². The number of aliphatic imine (C=N–C) groups is 1. The van der Waals surface area contributed by atoms with E-state index in [0.29, 0.717) is 12.4 Å². The SMILES string of the molecule is COCCCN=C1CCc2c(OCC(F)F)ccc(I)c21. The minimum atomic E-state index is -2.46. The van der Waals surface area contributed by atoms with E-state index in [4.69, 9.17) is 9.47 Å². The van der Waals surface area contributed by atoms with E-state index >= 15 is 0 Å². The average Bonchev–Trinajstić information content (AvgIpc) is 2.88. The molecule has 0 fully saturated rings. The molecule has 0 bridgehead atoms. The molecule has 0 heterocycles. The first-order valence-corrected chi connectivity index (χ1v) is 7.96. The van der Waals surface area contributed by atoms with E-state index < -0.39 is 13.0 Å². The quantitative estimate of drug-likeness (QED) is 0.508. The van der Waals surface area contributed by atoms with Crippen LogP contribution in [0.5, 0.6) is 5.75 Å². The van der Waals surface area contributed by atoms with Crippen molar-refractivity contribution in [3.8, 4) is 5.75 Å². The molecule has 0 unspecified atom stereocenters. The van der Waals surface area contributed by atoms with E-state index in [1.807, 2.05) is 6.07 Å². The number of hydrogen-bond donors (Lipinski definition) is 0. The van der Waals surface area contributed by atoms with Crippen LogP contribution in [0.15, 0.2) is 17.1 Å². The lowest BCUT2D eigenvalue weighted by Gasteiger charge is -2.11. The molecular formula is C15H18F2INO2. The lowest BCUT2D eigenvalue weighted by molar-refractivity contribution is 0.0814. The second-order valence-corrected chi connectivity index (χ2v) is 5.94. The van der Waals surface area contributed by atoms with E-state index in [1.54, 1.807) is 13.2 Å². The monoisotopic (exact) mass is 409 g/mol. The minimum Gasteiger partial charge on any atom is -0.487 e. The summed E-state index contributed by atoms with van der Waals surface area (Å²) in [5.74, 6) is 0.563. The normalized spacial score (nSPS) is 15.8. The van der Waals surface area contributed by atoms with Crippen molar-refractivity contribution in [2.75, 3.05) is 26.9 Å². The summed E-state index contributed by atoms with van der Waals surface area (Å²) in [6.45, 7) is 0.854. The largest absolute Gasteiger partial charge is 0.487 e. The van der Waals surface area contributed by atoms with Crippen LogP contribution < -0.4 is 4.74 Å². The van der Waals surface area contributed by atoms with E-state index in [1.165, 1.54) is 0 Å². The molecule has 0 amide bonds. The highest BCUT2D eigenvalue weighted by atomic mass is 127. The standard InChI is InChI=1S/C15H18F2INO2/c1-20-8-2-7-19-12-5-3-10-13(21-9-14(16)17)6-4-11(18)15(10)12/h4,6,14H,2-3,5,7-9H2,1H3. The fraction of sp³-hybridized carbons (Fsp3) is 0.533. The smallest absolute Gasteiger partial charge is 0.272 e. The third-order valence-electron chi connectivity index (χ3n) is 3.29. The summed E-state index contributed by atoms with van der Waals surface area (Å²) in [6, 6.07) is 3.67. The van der Waals surface area contributed by atoms with Crippen LogP contribution in [0.4, 0.5) is 8.78 Å². The molecule has 0 saturated carbocycles. The summed E-state index contributed by atoms with van der Waals surface area (Å²) in [4.78, 5) is 4.63. The molecule has 0 spiro atoms. The van der Waals surface area contributed by atoms with Gasteiger partial charge in [-0.1, -0.05) is 0 Å². The zero-order chi connectivity index (χ0) is 15.2. The number of hydrogen-bond acceptors (Lipinski definition) is 3. The van der Waals surface area contributed by atoms with Gasteiger partial charge in [-0.05, 0) is 54.0 Å². The maximum atomic E-state index is 12.3. The van der Waals surface area contributed by atoms with Crippen LogP contribution in [-0.2, 0) is 11.2 Å². The molecular weight excluding hydrogens is 391 g/mol. The van der Waals surface area contributed by atoms with Gasteiger partial charge in [0.05, 0.1) is 0 Å². The van der Waals surface area contributed by atoms with E-state index in [2.05, 4.69) is 27.6 Å². The van der Waals surface area contributed by atoms with Crippen LogP contribution in [0.1, 0.15) is 24.0 Å². The number of benzene rings is 1. The van der Waals surface area contributed by atoms with Crippen LogP contribution in [0.25, 0.3) is 0 Å². The van der Waals surface area contributed by atoms with Gasteiger partial charge in [-0.3, -0.25) is 4.99 Å². The highest BCUT2D eigenvalue weighted by Crippen LogP contribution is 2.34. The maximum Gasteiger partial charge on any atom is 0.272 e. The average molecular weight is 409 g/mol. The van der Waals surface area contributed by atoms with Crippen LogP contribution in [-0.4, -0.2) is 39.0 Å². The summed E-state index contributed by atoms with van der Waals surface area (Å²) in [5, 5.41) is 0. The Morgan fingerprint density at radius 1 is 1.33 bits per heavy atom. The zero-order valence-corrected chi connectivity index (χ0v) is 14.0. The molecule has 1 aliphatic carbocycles. The zero-order valence-electron chi connectivity index (χ0n) is 11.9. The van der Waals surface area contributed by atoms with Gasteiger partial charge in [-0.25, -0.2) is 8.78 Å². The summed E-state index contributed by atoms with van der Waals surface area (Å²) >= 11 is 2.26. The van der Waals surface area contributed by atoms with Gasteiger partial charge in [0.15, 0.2) is 0 Å². The van der Waals surface area contributed by atoms with E-state index in [-0.39, 0.29) is 0 Å². The maximum absolute atomic E-state index is 12.3. The lowest BCUT2D eigenvalue weighted by atomic mass is 10.1. The Bertz CT molecular complexity index is 521. The number of fused-ring (bicyclic) bond motifs is 1. The van der Waals surface area contributed by atoms with Gasteiger partial charge in [0, 0.05) is 40.7 Å². The Morgan fingerprint density at radius 2 is 2.14 bits per heavy atom. The number of methoxy groups -OCH3 is 1. The fourth-order valence-electron chi connectivity index (χ4n) is 2.40. The Kier molecular flexibility index (Phi) is 6.35. The van der Waals surface area contributed by atoms with Gasteiger partial charge in [-0.15, -0.1) is 0 Å². The third kappa shape index (κ3) is 4.35. The summed E-state index contributed by atoms with van der Waals surface area (Å²) in [5.41, 5.74) is 3.13. The molecule has 1 aliphatic rings. The summed E-state index contributed by atoms with van der Waals surface area (Å²) < 4.78 is 35.9. The van der Waals surface area contributed by atoms with Crippen LogP contribution in [0, 0.1) is 3.57 Å². The van der Waals surface area contributed by atoms with E-state index in [9.17, 15) is 8.78 Å². The predicted octanol–water partition coefficient (Wildman–Crippen LogP) is 3.71. The third-order valence-corrected chi connectivity index (χ3v) is 4.19. The summed E-state index contributed by atoms with van der Waals surface area (Å²) in [7, 11) is 1.67. The fourth-order valence-corrected chi connectivity index (χ4v) is 3.21. The van der Waals surface area contributed by atoms with Gasteiger partial charge in [0.25, 0.3) is 6.43 Å². The van der Waals surface area contributed by atoms with Crippen LogP contribution in [0.2, 0.25) is 0 Å². The van der Waals surface area contributed by atoms with Crippen molar-refractivity contribution in [3.63, 3.8) is 0 Å². The molecule has 116 valence electrons. The Labute approximate surface area is 136 Å². The number of halogens is 3. The Hall–Kier alpha value is -0.760. The van der Waals surface area contributed by atoms with Gasteiger partial charge >= 0.3 is 0 Å². The van der Waals surface area contributed by atoms with Crippen LogP contribution in [0.3, 0.4) is 0 Å². The molecule has 1 aromatic carbocycles. The second-order valence-electron chi connectivity index (χ2n) is 4.78. The van der Waals surface area contributed by atoms with Crippen molar-refractivity contribution in [1.29, 1.82) is 0 Å². The Morgan fingerprint density at radius 3 is 2.86 bits per heavy atom. The first-order chi connectivity index (χ1) is 10.1. The highest BCUT2D eigenvalue weighted by Gasteiger charge is 2.24. The predicted molar refractivity (Wildman–Crippen MR) is 86.9 cm³/mol. The molecule has 2 rings (SSSR count). The van der Waals surface area contributed by atoms with Crippen molar-refractivity contribution in [2.24, 2.45) is 4.99 Å². The van der Waals surface area contributed by atoms with Gasteiger partial charge in [0.1, 0.15) is 12.4 Å². The Balaban J connectivity index is 2.16. The molecule has 3 nitrogen and oxygen atoms in total. The number of alkyl halides is 2. The topological polar surface area (TPSA) is 30.8 Å². The van der Waals surface area contributed by atoms with Crippen molar-refractivity contribution in [1.82, 2.24) is 0 Å². The van der Waals surface area contributed by atoms with Gasteiger partial charge in [0.2, 0.25) is 0 Å². The first kappa shape index (κ1) is 16.6. The highest BCUT2D eigenvalue weighted by molar-refractivity contribution is 14.1. The molecule has 0 saturated heterocycles. The molecule has 21 heavy (non-hydrogen) atoms. The number of rotatable bonds is 7. The second kappa shape index (κ2) is 8.03. The molecule has 0 radical (unpaired) electrons. The summed E-state index contributed by atoms with van der Waals surface area (Å²) in [6.07, 6.45) is 0.0675. The molecule has 6 heteroatoms. The van der Waals surface area contributed by atoms with Crippen molar-refractivity contribution < 1.29 is 18.3 Å². The van der Waals surface area contributed by atoms with Crippen LogP contribution >= 0.6 is 22.6 Å². The minimum absolute atomic E-state index is 0.562. The van der Waals surface area contributed by atoms with Crippen molar-refractivity contribution in [3.05, 3.63) is 26.8 Å². The molecule has 0 aliphatic heterocycles. The van der Waals surface area contributed by atoms with Gasteiger partial charge < -0.3 is 9.47 Å². The van der Waals surface area contributed by atoms with E-state index in [0.717, 1.165) is 46.2 Å². The number of nitrogens with zero attached hydrogens (tertiary/aromatic N) is 1. The molecule has 0 atom stereocenters.